The van der Waals surface area contributed by atoms with Crippen molar-refractivity contribution in [2.75, 3.05) is 26.2 Å². The van der Waals surface area contributed by atoms with E-state index >= 15 is 0 Å². The van der Waals surface area contributed by atoms with Gasteiger partial charge in [0.05, 0.1) is 25.3 Å². The molecule has 0 fully saturated rings. The molecule has 0 N–H and O–H groups in total. The van der Waals surface area contributed by atoms with Gasteiger partial charge in [0, 0.05) is 24.9 Å². The summed E-state index contributed by atoms with van der Waals surface area (Å²) in [6.07, 6.45) is 0.110. The van der Waals surface area contributed by atoms with Crippen molar-refractivity contribution in [2.45, 2.75) is 12.3 Å². The standard InChI is InChI=1S/C22H20N4O4/c1-25-21(28)18-13(12-7-6-10-16(29-2)19(12)30-3)11-17(27)24-20(18)26-15-9-5-4-8-14(15)23-22(25)26/h4-10,13,18H,11H2,1-3H3. The Morgan fingerprint density at radius 2 is 1.83 bits per heavy atom. The molecule has 0 radical (unpaired) electrons. The van der Waals surface area contributed by atoms with E-state index in [-0.39, 0.29) is 18.2 Å². The molecule has 30 heavy (non-hydrogen) atoms. The number of imidazole rings is 1. The van der Waals surface area contributed by atoms with E-state index in [4.69, 9.17) is 9.47 Å². The molecule has 0 spiro atoms. The number of amides is 2. The van der Waals surface area contributed by atoms with Gasteiger partial charge < -0.3 is 9.47 Å². The highest BCUT2D eigenvalue weighted by Gasteiger charge is 2.47. The molecule has 2 aromatic carbocycles. The van der Waals surface area contributed by atoms with Crippen LogP contribution in [0.5, 0.6) is 11.5 Å². The summed E-state index contributed by atoms with van der Waals surface area (Å²) in [5.74, 6) is 0.442. The van der Waals surface area contributed by atoms with Crippen LogP contribution in [-0.2, 0) is 9.59 Å². The van der Waals surface area contributed by atoms with Gasteiger partial charge in [-0.25, -0.2) is 4.98 Å². The molecule has 152 valence electrons. The normalized spacial score (nSPS) is 20.6. The second-order valence-electron chi connectivity index (χ2n) is 7.37. The molecule has 5 rings (SSSR count). The summed E-state index contributed by atoms with van der Waals surface area (Å²) >= 11 is 0. The predicted octanol–water partition coefficient (Wildman–Crippen LogP) is 2.61. The number of rotatable bonds is 3. The Bertz CT molecular complexity index is 1230. The van der Waals surface area contributed by atoms with E-state index in [9.17, 15) is 9.59 Å². The molecule has 3 heterocycles. The fraction of sp³-hybridized carbons (Fsp3) is 0.273. The monoisotopic (exact) mass is 404 g/mol. The first kappa shape index (κ1) is 18.4. The van der Waals surface area contributed by atoms with E-state index in [1.807, 2.05) is 41.0 Å². The Hall–Kier alpha value is -3.68. The summed E-state index contributed by atoms with van der Waals surface area (Å²) in [6.45, 7) is 0. The van der Waals surface area contributed by atoms with E-state index in [1.54, 1.807) is 32.2 Å². The van der Waals surface area contributed by atoms with Crippen LogP contribution in [0.25, 0.3) is 11.0 Å². The van der Waals surface area contributed by atoms with Gasteiger partial charge in [0.1, 0.15) is 11.8 Å². The molecule has 2 unspecified atom stereocenters. The topological polar surface area (TPSA) is 86.0 Å². The Balaban J connectivity index is 1.75. The van der Waals surface area contributed by atoms with Crippen LogP contribution in [0.15, 0.2) is 47.5 Å². The van der Waals surface area contributed by atoms with E-state index in [1.165, 1.54) is 0 Å². The minimum Gasteiger partial charge on any atom is -0.493 e. The zero-order chi connectivity index (χ0) is 21.0. The zero-order valence-corrected chi connectivity index (χ0v) is 16.8. The third kappa shape index (κ3) is 2.46. The van der Waals surface area contributed by atoms with Crippen molar-refractivity contribution in [3.05, 3.63) is 48.0 Å². The fourth-order valence-corrected chi connectivity index (χ4v) is 4.47. The molecule has 1 aromatic heterocycles. The molecule has 0 aliphatic carbocycles. The van der Waals surface area contributed by atoms with Crippen molar-refractivity contribution >= 4 is 34.6 Å². The minimum atomic E-state index is -0.640. The molecule has 2 amide bonds. The largest absolute Gasteiger partial charge is 0.493 e. The summed E-state index contributed by atoms with van der Waals surface area (Å²) in [6, 6.07) is 13.1. The van der Waals surface area contributed by atoms with E-state index in [2.05, 4.69) is 9.98 Å². The molecule has 8 heteroatoms. The lowest BCUT2D eigenvalue weighted by atomic mass is 9.78. The van der Waals surface area contributed by atoms with Crippen molar-refractivity contribution in [1.29, 1.82) is 0 Å². The van der Waals surface area contributed by atoms with Crippen LogP contribution in [0.1, 0.15) is 17.9 Å². The second-order valence-corrected chi connectivity index (χ2v) is 7.37. The van der Waals surface area contributed by atoms with Gasteiger partial charge in [-0.15, -0.1) is 0 Å². The number of para-hydroxylation sites is 3. The Kier molecular flexibility index (Phi) is 4.09. The molecular weight excluding hydrogens is 384 g/mol. The first-order valence-corrected chi connectivity index (χ1v) is 9.63. The van der Waals surface area contributed by atoms with Crippen LogP contribution >= 0.6 is 0 Å². The summed E-state index contributed by atoms with van der Waals surface area (Å²) in [5.41, 5.74) is 2.29. The number of methoxy groups -OCH3 is 2. The minimum absolute atomic E-state index is 0.110. The van der Waals surface area contributed by atoms with Crippen LogP contribution in [0.3, 0.4) is 0 Å². The maximum atomic E-state index is 13.5. The number of hydrogen-bond donors (Lipinski definition) is 0. The quantitative estimate of drug-likeness (QED) is 0.670. The van der Waals surface area contributed by atoms with Crippen LogP contribution in [0, 0.1) is 5.92 Å². The van der Waals surface area contributed by atoms with Gasteiger partial charge in [-0.2, -0.15) is 4.99 Å². The van der Waals surface area contributed by atoms with Gasteiger partial charge in [0.2, 0.25) is 17.8 Å². The van der Waals surface area contributed by atoms with Crippen LogP contribution in [0.2, 0.25) is 0 Å². The summed E-state index contributed by atoms with van der Waals surface area (Å²) < 4.78 is 12.8. The Labute approximate surface area is 172 Å². The van der Waals surface area contributed by atoms with Gasteiger partial charge in [-0.3, -0.25) is 19.1 Å². The Morgan fingerprint density at radius 3 is 2.60 bits per heavy atom. The SMILES string of the molecule is COc1cccc(C2CC(=O)N=C3C2C(=O)N(C)c2nc4ccccc4n23)c1OC. The number of fused-ring (bicyclic) bond motifs is 5. The second kappa shape index (κ2) is 6.69. The summed E-state index contributed by atoms with van der Waals surface area (Å²) in [7, 11) is 4.81. The number of ether oxygens (including phenoxy) is 2. The van der Waals surface area contributed by atoms with Crippen LogP contribution in [-0.4, -0.2) is 48.5 Å². The third-order valence-corrected chi connectivity index (χ3v) is 5.82. The highest BCUT2D eigenvalue weighted by molar-refractivity contribution is 6.20. The van der Waals surface area contributed by atoms with E-state index in [0.717, 1.165) is 16.6 Å². The van der Waals surface area contributed by atoms with E-state index in [0.29, 0.717) is 23.3 Å². The molecule has 0 saturated carbocycles. The lowest BCUT2D eigenvalue weighted by Crippen LogP contribution is -2.50. The highest BCUT2D eigenvalue weighted by atomic mass is 16.5. The number of nitrogens with zero attached hydrogens (tertiary/aromatic N) is 4. The average Bonchev–Trinajstić information content (AvgIpc) is 3.16. The van der Waals surface area contributed by atoms with Crippen molar-refractivity contribution in [3.63, 3.8) is 0 Å². The summed E-state index contributed by atoms with van der Waals surface area (Å²) in [4.78, 5) is 36.6. The fourth-order valence-electron chi connectivity index (χ4n) is 4.47. The smallest absolute Gasteiger partial charge is 0.248 e. The van der Waals surface area contributed by atoms with Crippen molar-refractivity contribution in [3.8, 4) is 11.5 Å². The molecule has 3 aromatic rings. The lowest BCUT2D eigenvalue weighted by molar-refractivity contribution is -0.123. The number of anilines is 1. The predicted molar refractivity (Wildman–Crippen MR) is 111 cm³/mol. The number of aliphatic imine (C=N–C) groups is 1. The third-order valence-electron chi connectivity index (χ3n) is 5.82. The molecule has 2 aliphatic rings. The number of aromatic nitrogens is 2. The number of benzene rings is 2. The molecular formula is C22H20N4O4. The first-order chi connectivity index (χ1) is 14.5. The van der Waals surface area contributed by atoms with Crippen molar-refractivity contribution < 1.29 is 19.1 Å². The van der Waals surface area contributed by atoms with E-state index < -0.39 is 11.8 Å². The van der Waals surface area contributed by atoms with Crippen LogP contribution in [0.4, 0.5) is 5.95 Å². The van der Waals surface area contributed by atoms with Gasteiger partial charge in [-0.1, -0.05) is 24.3 Å². The van der Waals surface area contributed by atoms with Gasteiger partial charge in [-0.05, 0) is 18.2 Å². The van der Waals surface area contributed by atoms with Gasteiger partial charge in [0.15, 0.2) is 11.5 Å². The lowest BCUT2D eigenvalue weighted by Gasteiger charge is -2.38. The highest BCUT2D eigenvalue weighted by Crippen LogP contribution is 2.45. The number of carbonyl (C=O) groups excluding carboxylic acids is 2. The maximum absolute atomic E-state index is 13.5. The van der Waals surface area contributed by atoms with Crippen molar-refractivity contribution in [2.24, 2.45) is 10.9 Å². The summed E-state index contributed by atoms with van der Waals surface area (Å²) in [5, 5.41) is 0. The maximum Gasteiger partial charge on any atom is 0.248 e. The Morgan fingerprint density at radius 1 is 1.03 bits per heavy atom. The molecule has 0 bridgehead atoms. The molecule has 0 saturated heterocycles. The molecule has 2 atom stereocenters. The zero-order valence-electron chi connectivity index (χ0n) is 16.8. The first-order valence-electron chi connectivity index (χ1n) is 9.63. The molecule has 2 aliphatic heterocycles. The number of hydrogen-bond acceptors (Lipinski definition) is 5. The van der Waals surface area contributed by atoms with Gasteiger partial charge >= 0.3 is 0 Å². The molecule has 8 nitrogen and oxygen atoms in total. The van der Waals surface area contributed by atoms with Gasteiger partial charge in [0.25, 0.3) is 0 Å². The average molecular weight is 404 g/mol. The number of carbonyl (C=O) groups is 2. The van der Waals surface area contributed by atoms with Crippen LogP contribution < -0.4 is 14.4 Å². The van der Waals surface area contributed by atoms with Crippen molar-refractivity contribution in [1.82, 2.24) is 9.55 Å².